The largest absolute Gasteiger partial charge is 0.419 e. The van der Waals surface area contributed by atoms with E-state index in [2.05, 4.69) is 19.9 Å². The van der Waals surface area contributed by atoms with Gasteiger partial charge in [0.15, 0.2) is 5.82 Å². The van der Waals surface area contributed by atoms with E-state index in [-0.39, 0.29) is 55.3 Å². The summed E-state index contributed by atoms with van der Waals surface area (Å²) in [5.74, 6) is 0.348. The molecule has 1 aromatic carbocycles. The number of aromatic nitrogens is 4. The monoisotopic (exact) mass is 573 g/mol. The topological polar surface area (TPSA) is 70.5 Å². The highest BCUT2D eigenvalue weighted by molar-refractivity contribution is 6.31. The van der Waals surface area contributed by atoms with Crippen molar-refractivity contribution >= 4 is 29.3 Å². The minimum absolute atomic E-state index is 0.0233. The molecule has 0 unspecified atom stereocenters. The Morgan fingerprint density at radius 3 is 1.92 bits per heavy atom. The van der Waals surface area contributed by atoms with E-state index in [1.165, 1.54) is 18.3 Å². The quantitative estimate of drug-likeness (QED) is 0.413. The van der Waals surface area contributed by atoms with Gasteiger partial charge in [0, 0.05) is 51.0 Å². The van der Waals surface area contributed by atoms with Crippen LogP contribution in [-0.2, 0) is 17.1 Å². The van der Waals surface area contributed by atoms with Crippen molar-refractivity contribution in [3.8, 4) is 11.4 Å². The van der Waals surface area contributed by atoms with E-state index < -0.39 is 28.5 Å². The second-order valence-electron chi connectivity index (χ2n) is 8.90. The molecule has 5 rings (SSSR count). The number of pyridine rings is 1. The molecule has 2 fully saturated rings. The van der Waals surface area contributed by atoms with Crippen LogP contribution in [0.5, 0.6) is 0 Å². The van der Waals surface area contributed by atoms with Gasteiger partial charge in [-0.25, -0.2) is 4.98 Å². The fourth-order valence-electron chi connectivity index (χ4n) is 4.40. The molecule has 2 aromatic heterocycles. The Hall–Kier alpha value is -3.39. The number of alkyl halides is 6. The average Bonchev–Trinajstić information content (AvgIpc) is 2.92. The second-order valence-corrected chi connectivity index (χ2v) is 9.30. The van der Waals surface area contributed by atoms with Crippen LogP contribution in [0.4, 0.5) is 44.1 Å². The molecule has 0 atom stereocenters. The number of anilines is 3. The molecule has 39 heavy (non-hydrogen) atoms. The van der Waals surface area contributed by atoms with E-state index in [4.69, 9.17) is 16.3 Å². The molecule has 0 bridgehead atoms. The first-order valence-corrected chi connectivity index (χ1v) is 12.4. The molecule has 4 heterocycles. The lowest BCUT2D eigenvalue weighted by Gasteiger charge is -2.36. The molecule has 2 aliphatic rings. The molecular weight excluding hydrogens is 552 g/mol. The number of benzene rings is 1. The summed E-state index contributed by atoms with van der Waals surface area (Å²) in [5, 5.41) is -0.446. The molecule has 0 spiro atoms. The van der Waals surface area contributed by atoms with E-state index >= 15 is 0 Å². The molecule has 3 aromatic rings. The number of rotatable bonds is 4. The van der Waals surface area contributed by atoms with Gasteiger partial charge in [-0.15, -0.1) is 0 Å². The number of morpholine rings is 1. The van der Waals surface area contributed by atoms with Crippen molar-refractivity contribution in [3.05, 3.63) is 52.7 Å². The van der Waals surface area contributed by atoms with E-state index in [9.17, 15) is 26.3 Å². The Morgan fingerprint density at radius 1 is 0.718 bits per heavy atom. The molecule has 0 N–H and O–H groups in total. The summed E-state index contributed by atoms with van der Waals surface area (Å²) in [5.41, 5.74) is -1.73. The third-order valence-electron chi connectivity index (χ3n) is 6.39. The highest BCUT2D eigenvalue weighted by Gasteiger charge is 2.37. The van der Waals surface area contributed by atoms with Gasteiger partial charge in [-0.1, -0.05) is 11.6 Å². The number of hydrogen-bond acceptors (Lipinski definition) is 8. The fraction of sp³-hybridized carbons (Fsp3) is 0.417. The van der Waals surface area contributed by atoms with E-state index in [0.29, 0.717) is 26.3 Å². The zero-order valence-electron chi connectivity index (χ0n) is 20.3. The Bertz CT molecular complexity index is 1330. The standard InChI is InChI=1S/C24H22ClF6N7O/c25-18-4-3-15(14-17(18)24(29,30)31)19-33-21(35-22(34-19)38-10-12-39-13-11-38)37-8-6-36(7-9-37)20-16(23(26,27)28)2-1-5-32-20/h1-5,14H,6-13H2. The van der Waals surface area contributed by atoms with Gasteiger partial charge >= 0.3 is 12.4 Å². The minimum Gasteiger partial charge on any atom is -0.378 e. The smallest absolute Gasteiger partial charge is 0.378 e. The van der Waals surface area contributed by atoms with E-state index in [0.717, 1.165) is 18.2 Å². The average molecular weight is 574 g/mol. The zero-order chi connectivity index (χ0) is 27.8. The first-order valence-electron chi connectivity index (χ1n) is 12.0. The highest BCUT2D eigenvalue weighted by atomic mass is 35.5. The third kappa shape index (κ3) is 5.96. The summed E-state index contributed by atoms with van der Waals surface area (Å²) in [6.07, 6.45) is -7.91. The predicted molar refractivity (Wildman–Crippen MR) is 132 cm³/mol. The molecule has 0 radical (unpaired) electrons. The van der Waals surface area contributed by atoms with Gasteiger partial charge in [-0.3, -0.25) is 0 Å². The maximum Gasteiger partial charge on any atom is 0.419 e. The summed E-state index contributed by atoms with van der Waals surface area (Å²) < 4.78 is 86.4. The summed E-state index contributed by atoms with van der Waals surface area (Å²) >= 11 is 5.79. The first-order chi connectivity index (χ1) is 18.5. The van der Waals surface area contributed by atoms with Gasteiger partial charge in [0.1, 0.15) is 5.82 Å². The zero-order valence-corrected chi connectivity index (χ0v) is 21.1. The van der Waals surface area contributed by atoms with Crippen molar-refractivity contribution in [3.63, 3.8) is 0 Å². The molecule has 0 amide bonds. The van der Waals surface area contributed by atoms with Gasteiger partial charge < -0.3 is 19.4 Å². The number of piperazine rings is 1. The summed E-state index contributed by atoms with van der Waals surface area (Å²) in [4.78, 5) is 22.6. The molecular formula is C24H22ClF6N7O. The Balaban J connectivity index is 1.46. The fourth-order valence-corrected chi connectivity index (χ4v) is 4.62. The predicted octanol–water partition coefficient (Wildman–Crippen LogP) is 4.79. The van der Waals surface area contributed by atoms with Crippen LogP contribution in [0, 0.1) is 0 Å². The Kier molecular flexibility index (Phi) is 7.42. The van der Waals surface area contributed by atoms with E-state index in [1.807, 2.05) is 4.90 Å². The second kappa shape index (κ2) is 10.6. The van der Waals surface area contributed by atoms with Crippen LogP contribution in [0.3, 0.4) is 0 Å². The van der Waals surface area contributed by atoms with Crippen LogP contribution in [0.1, 0.15) is 11.1 Å². The van der Waals surface area contributed by atoms with Crippen LogP contribution in [0.2, 0.25) is 5.02 Å². The maximum atomic E-state index is 13.5. The lowest BCUT2D eigenvalue weighted by atomic mass is 10.1. The van der Waals surface area contributed by atoms with Crippen molar-refractivity contribution in [2.75, 3.05) is 67.2 Å². The van der Waals surface area contributed by atoms with Gasteiger partial charge in [0.2, 0.25) is 11.9 Å². The minimum atomic E-state index is -4.67. The van der Waals surface area contributed by atoms with Gasteiger partial charge in [-0.05, 0) is 30.3 Å². The molecule has 2 saturated heterocycles. The third-order valence-corrected chi connectivity index (χ3v) is 6.72. The number of hydrogen-bond donors (Lipinski definition) is 0. The maximum absolute atomic E-state index is 13.5. The van der Waals surface area contributed by atoms with Crippen molar-refractivity contribution in [2.45, 2.75) is 12.4 Å². The number of ether oxygens (including phenoxy) is 1. The van der Waals surface area contributed by atoms with E-state index in [1.54, 1.807) is 9.80 Å². The van der Waals surface area contributed by atoms with Gasteiger partial charge in [-0.2, -0.15) is 41.3 Å². The van der Waals surface area contributed by atoms with Crippen molar-refractivity contribution in [1.82, 2.24) is 19.9 Å². The van der Waals surface area contributed by atoms with Crippen LogP contribution in [-0.4, -0.2) is 72.4 Å². The molecule has 15 heteroatoms. The normalized spacial score (nSPS) is 17.1. The van der Waals surface area contributed by atoms with Gasteiger partial charge in [0.25, 0.3) is 0 Å². The lowest BCUT2D eigenvalue weighted by Crippen LogP contribution is -2.48. The molecule has 8 nitrogen and oxygen atoms in total. The van der Waals surface area contributed by atoms with Crippen LogP contribution < -0.4 is 14.7 Å². The summed E-state index contributed by atoms with van der Waals surface area (Å²) in [6, 6.07) is 5.66. The molecule has 208 valence electrons. The summed E-state index contributed by atoms with van der Waals surface area (Å²) in [7, 11) is 0. The lowest BCUT2D eigenvalue weighted by molar-refractivity contribution is -0.138. The van der Waals surface area contributed by atoms with Crippen molar-refractivity contribution < 1.29 is 31.1 Å². The van der Waals surface area contributed by atoms with Crippen LogP contribution in [0.25, 0.3) is 11.4 Å². The van der Waals surface area contributed by atoms with Crippen LogP contribution in [0.15, 0.2) is 36.5 Å². The van der Waals surface area contributed by atoms with Crippen molar-refractivity contribution in [2.24, 2.45) is 0 Å². The molecule has 0 saturated carbocycles. The SMILES string of the molecule is FC(F)(F)c1cc(-c2nc(N3CCOCC3)nc(N3CCN(c4ncccc4C(F)(F)F)CC3)n2)ccc1Cl. The van der Waals surface area contributed by atoms with Crippen LogP contribution >= 0.6 is 11.6 Å². The first kappa shape index (κ1) is 27.2. The number of nitrogens with zero attached hydrogens (tertiary/aromatic N) is 7. The highest BCUT2D eigenvalue weighted by Crippen LogP contribution is 2.38. The molecule has 2 aliphatic heterocycles. The van der Waals surface area contributed by atoms with Crippen molar-refractivity contribution in [1.29, 1.82) is 0 Å². The van der Waals surface area contributed by atoms with Gasteiger partial charge in [0.05, 0.1) is 29.4 Å². The Morgan fingerprint density at radius 2 is 1.31 bits per heavy atom. The Labute approximate surface area is 224 Å². The number of halogens is 7. The summed E-state index contributed by atoms with van der Waals surface area (Å²) in [6.45, 7) is 2.73. The molecule has 0 aliphatic carbocycles.